The lowest BCUT2D eigenvalue weighted by molar-refractivity contribution is -0.121. The average Bonchev–Trinajstić information content (AvgIpc) is 2.92. The third-order valence-corrected chi connectivity index (χ3v) is 3.95. The van der Waals surface area contributed by atoms with Crippen molar-refractivity contribution < 1.29 is 4.79 Å². The van der Waals surface area contributed by atoms with E-state index in [-0.39, 0.29) is 12.5 Å². The number of aryl methyl sites for hydroxylation is 3. The molecule has 0 bridgehead atoms. The van der Waals surface area contributed by atoms with Gasteiger partial charge in [-0.05, 0) is 45.7 Å². The molecule has 1 amide bonds. The molecular weight excluding hydrogens is 302 g/mol. The second-order valence-electron chi connectivity index (χ2n) is 6.71. The van der Waals surface area contributed by atoms with Crippen LogP contribution >= 0.6 is 0 Å². The molecule has 0 aliphatic rings. The van der Waals surface area contributed by atoms with Crippen molar-refractivity contribution in [3.63, 3.8) is 0 Å². The van der Waals surface area contributed by atoms with Crippen molar-refractivity contribution in [3.8, 4) is 0 Å². The lowest BCUT2D eigenvalue weighted by Crippen LogP contribution is -2.24. The third kappa shape index (κ3) is 4.34. The molecule has 0 fully saturated rings. The number of carbonyl (C=O) groups is 1. The molecule has 0 saturated heterocycles. The molecule has 0 aromatic carbocycles. The highest BCUT2D eigenvalue weighted by Gasteiger charge is 2.09. The normalized spacial score (nSPS) is 11.6. The number of amides is 1. The van der Waals surface area contributed by atoms with E-state index in [0.717, 1.165) is 29.2 Å². The number of hydrogen-bond donors (Lipinski definition) is 1. The summed E-state index contributed by atoms with van der Waals surface area (Å²) in [5.41, 5.74) is 7.84. The first-order valence-corrected chi connectivity index (χ1v) is 8.27. The first kappa shape index (κ1) is 18.0. The van der Waals surface area contributed by atoms with Gasteiger partial charge in [0, 0.05) is 29.2 Å². The Morgan fingerprint density at radius 3 is 2.54 bits per heavy atom. The Bertz CT molecular complexity index is 752. The summed E-state index contributed by atoms with van der Waals surface area (Å²) in [5, 5.41) is 8.36. The highest BCUT2D eigenvalue weighted by atomic mass is 16.2. The van der Waals surface area contributed by atoms with Crippen molar-refractivity contribution >= 4 is 12.1 Å². The highest BCUT2D eigenvalue weighted by Crippen LogP contribution is 2.15. The van der Waals surface area contributed by atoms with E-state index >= 15 is 0 Å². The Kier molecular flexibility index (Phi) is 5.59. The van der Waals surface area contributed by atoms with Crippen molar-refractivity contribution in [1.82, 2.24) is 19.8 Å². The molecule has 0 spiro atoms. The molecule has 0 atom stereocenters. The summed E-state index contributed by atoms with van der Waals surface area (Å²) in [5.74, 6) is 0.397. The lowest BCUT2D eigenvalue weighted by Gasteiger charge is -2.11. The van der Waals surface area contributed by atoms with Crippen LogP contribution in [0.4, 0.5) is 0 Å². The molecule has 0 aliphatic heterocycles. The Labute approximate surface area is 143 Å². The zero-order valence-corrected chi connectivity index (χ0v) is 15.4. The number of rotatable bonds is 6. The molecule has 2 aromatic rings. The van der Waals surface area contributed by atoms with Gasteiger partial charge in [-0.3, -0.25) is 9.48 Å². The summed E-state index contributed by atoms with van der Waals surface area (Å²) in [6.45, 7) is 13.6. The van der Waals surface area contributed by atoms with E-state index < -0.39 is 0 Å². The van der Waals surface area contributed by atoms with E-state index in [0.29, 0.717) is 5.92 Å². The summed E-state index contributed by atoms with van der Waals surface area (Å²) in [6, 6.07) is 4.04. The van der Waals surface area contributed by atoms with Gasteiger partial charge in [-0.1, -0.05) is 13.8 Å². The lowest BCUT2D eigenvalue weighted by atomic mass is 10.2. The average molecular weight is 329 g/mol. The number of carbonyl (C=O) groups excluding carboxylic acids is 1. The first-order chi connectivity index (χ1) is 11.3. The van der Waals surface area contributed by atoms with Crippen LogP contribution in [0.15, 0.2) is 17.2 Å². The molecule has 0 radical (unpaired) electrons. The first-order valence-electron chi connectivity index (χ1n) is 8.27. The Balaban J connectivity index is 1.99. The van der Waals surface area contributed by atoms with Crippen LogP contribution in [0, 0.1) is 33.6 Å². The fourth-order valence-electron chi connectivity index (χ4n) is 2.78. The van der Waals surface area contributed by atoms with E-state index in [9.17, 15) is 4.79 Å². The van der Waals surface area contributed by atoms with E-state index in [1.54, 1.807) is 10.9 Å². The minimum atomic E-state index is -0.187. The van der Waals surface area contributed by atoms with E-state index in [1.807, 2.05) is 19.9 Å². The van der Waals surface area contributed by atoms with Crippen LogP contribution in [0.25, 0.3) is 0 Å². The van der Waals surface area contributed by atoms with Crippen molar-refractivity contribution in [2.75, 3.05) is 0 Å². The van der Waals surface area contributed by atoms with Crippen LogP contribution in [0.3, 0.4) is 0 Å². The zero-order chi connectivity index (χ0) is 17.9. The molecule has 130 valence electrons. The van der Waals surface area contributed by atoms with E-state index in [4.69, 9.17) is 0 Å². The number of aromatic nitrogens is 3. The van der Waals surface area contributed by atoms with Crippen molar-refractivity contribution in [3.05, 3.63) is 40.5 Å². The summed E-state index contributed by atoms with van der Waals surface area (Å²) in [4.78, 5) is 12.0. The molecule has 0 unspecified atom stereocenters. The quantitative estimate of drug-likeness (QED) is 0.654. The van der Waals surface area contributed by atoms with Crippen LogP contribution in [0.5, 0.6) is 0 Å². The second-order valence-corrected chi connectivity index (χ2v) is 6.71. The summed E-state index contributed by atoms with van der Waals surface area (Å²) >= 11 is 0. The number of hydrazone groups is 1. The molecule has 1 N–H and O–H groups in total. The molecule has 2 heterocycles. The van der Waals surface area contributed by atoms with Gasteiger partial charge in [-0.15, -0.1) is 0 Å². The summed E-state index contributed by atoms with van der Waals surface area (Å²) in [6.07, 6.45) is 1.71. The maximum atomic E-state index is 12.0. The fraction of sp³-hybridized carbons (Fsp3) is 0.500. The van der Waals surface area contributed by atoms with Crippen LogP contribution in [-0.2, 0) is 17.9 Å². The maximum absolute atomic E-state index is 12.0. The highest BCUT2D eigenvalue weighted by molar-refractivity contribution is 5.83. The van der Waals surface area contributed by atoms with Gasteiger partial charge in [-0.2, -0.15) is 10.2 Å². The molecule has 0 aliphatic carbocycles. The van der Waals surface area contributed by atoms with Gasteiger partial charge in [-0.25, -0.2) is 5.43 Å². The van der Waals surface area contributed by atoms with Gasteiger partial charge >= 0.3 is 0 Å². The summed E-state index contributed by atoms with van der Waals surface area (Å²) < 4.78 is 3.96. The molecule has 6 heteroatoms. The largest absolute Gasteiger partial charge is 0.348 e. The fourth-order valence-corrected chi connectivity index (χ4v) is 2.78. The van der Waals surface area contributed by atoms with Gasteiger partial charge < -0.3 is 4.57 Å². The van der Waals surface area contributed by atoms with Crippen LogP contribution < -0.4 is 5.43 Å². The monoisotopic (exact) mass is 329 g/mol. The Morgan fingerprint density at radius 2 is 1.96 bits per heavy atom. The number of nitrogens with zero attached hydrogens (tertiary/aromatic N) is 4. The SMILES string of the molecule is Cc1cc(C)n(CC(=O)N/N=C/c2cc(C)n(CC(C)C)c2C)n1. The summed E-state index contributed by atoms with van der Waals surface area (Å²) in [7, 11) is 0. The smallest absolute Gasteiger partial charge is 0.261 e. The molecule has 2 aromatic heterocycles. The van der Waals surface area contributed by atoms with Gasteiger partial charge in [0.25, 0.3) is 5.91 Å². The Morgan fingerprint density at radius 1 is 1.25 bits per heavy atom. The molecule has 0 saturated carbocycles. The third-order valence-electron chi connectivity index (χ3n) is 3.95. The standard InChI is InChI=1S/C18H27N5O/c1-12(2)10-22-14(4)8-17(16(22)6)9-19-20-18(24)11-23-15(5)7-13(3)21-23/h7-9,12H,10-11H2,1-6H3,(H,20,24)/b19-9+. The van der Waals surface area contributed by atoms with E-state index in [2.05, 4.69) is 54.0 Å². The van der Waals surface area contributed by atoms with Gasteiger partial charge in [0.1, 0.15) is 6.54 Å². The molecule has 24 heavy (non-hydrogen) atoms. The minimum Gasteiger partial charge on any atom is -0.348 e. The van der Waals surface area contributed by atoms with Crippen LogP contribution in [0.1, 0.15) is 42.2 Å². The zero-order valence-electron chi connectivity index (χ0n) is 15.4. The molecular formula is C18H27N5O. The molecule has 2 rings (SSSR count). The predicted molar refractivity (Wildman–Crippen MR) is 96.2 cm³/mol. The van der Waals surface area contributed by atoms with Crippen molar-refractivity contribution in [2.45, 2.75) is 54.6 Å². The second kappa shape index (κ2) is 7.47. The number of nitrogens with one attached hydrogen (secondary N) is 1. The minimum absolute atomic E-state index is 0.170. The van der Waals surface area contributed by atoms with Gasteiger partial charge in [0.15, 0.2) is 0 Å². The van der Waals surface area contributed by atoms with Gasteiger partial charge in [0.05, 0.1) is 11.9 Å². The maximum Gasteiger partial charge on any atom is 0.261 e. The molecule has 6 nitrogen and oxygen atoms in total. The number of hydrogen-bond acceptors (Lipinski definition) is 3. The van der Waals surface area contributed by atoms with Crippen LogP contribution in [0.2, 0.25) is 0 Å². The van der Waals surface area contributed by atoms with E-state index in [1.165, 1.54) is 5.69 Å². The predicted octanol–water partition coefficient (Wildman–Crippen LogP) is 2.72. The van der Waals surface area contributed by atoms with Crippen LogP contribution in [-0.4, -0.2) is 26.5 Å². The van der Waals surface area contributed by atoms with Crippen molar-refractivity contribution in [2.24, 2.45) is 11.0 Å². The van der Waals surface area contributed by atoms with Gasteiger partial charge in [0.2, 0.25) is 0 Å². The van der Waals surface area contributed by atoms with Crippen molar-refractivity contribution in [1.29, 1.82) is 0 Å². The Hall–Kier alpha value is -2.37. The topological polar surface area (TPSA) is 64.2 Å².